The van der Waals surface area contributed by atoms with Crippen molar-refractivity contribution in [3.05, 3.63) is 0 Å². The average molecular weight is 312 g/mol. The molecule has 0 aromatic carbocycles. The van der Waals surface area contributed by atoms with Crippen LogP contribution in [0.3, 0.4) is 0 Å². The molecule has 0 unspecified atom stereocenters. The molecule has 0 bridgehead atoms. The van der Waals surface area contributed by atoms with Gasteiger partial charge in [-0.2, -0.15) is 0 Å². The number of rotatable bonds is 10. The molecular weight excluding hydrogens is 280 g/mol. The predicted molar refractivity (Wildman–Crippen MR) is 87.4 cm³/mol. The standard InChI is InChI=1S/C18H32O4/c1-4-7-8-11-16(22-18-12-9-10-15-21-18)13-14-17(19-5-2)20-6-3/h16-18H,4-12,15H2,1-3H3/t16-,18-/m0/s1. The van der Waals surface area contributed by atoms with Gasteiger partial charge in [0, 0.05) is 19.8 Å². The first kappa shape index (κ1) is 19.4. The Morgan fingerprint density at radius 2 is 1.82 bits per heavy atom. The summed E-state index contributed by atoms with van der Waals surface area (Å²) in [6.45, 7) is 8.06. The second kappa shape index (κ2) is 12.9. The third kappa shape index (κ3) is 8.75. The first-order chi connectivity index (χ1) is 10.8. The highest BCUT2D eigenvalue weighted by Crippen LogP contribution is 2.17. The monoisotopic (exact) mass is 312 g/mol. The average Bonchev–Trinajstić information content (AvgIpc) is 2.54. The molecular formula is C18H32O4. The number of hydrogen-bond donors (Lipinski definition) is 0. The van der Waals surface area contributed by atoms with Crippen LogP contribution >= 0.6 is 0 Å². The number of hydrogen-bond acceptors (Lipinski definition) is 4. The van der Waals surface area contributed by atoms with E-state index in [2.05, 4.69) is 18.8 Å². The first-order valence-corrected chi connectivity index (χ1v) is 8.81. The summed E-state index contributed by atoms with van der Waals surface area (Å²) in [6, 6.07) is 0. The zero-order valence-corrected chi connectivity index (χ0v) is 14.4. The van der Waals surface area contributed by atoms with Gasteiger partial charge in [-0.3, -0.25) is 0 Å². The summed E-state index contributed by atoms with van der Waals surface area (Å²) in [6.07, 6.45) is 7.05. The number of unbranched alkanes of at least 4 members (excludes halogenated alkanes) is 2. The molecule has 4 nitrogen and oxygen atoms in total. The fraction of sp³-hybridized carbons (Fsp3) is 0.889. The largest absolute Gasteiger partial charge is 0.353 e. The molecule has 0 radical (unpaired) electrons. The number of ether oxygens (including phenoxy) is 4. The molecule has 1 fully saturated rings. The minimum Gasteiger partial charge on any atom is -0.353 e. The van der Waals surface area contributed by atoms with E-state index in [0.717, 1.165) is 32.3 Å². The van der Waals surface area contributed by atoms with E-state index in [1.54, 1.807) is 0 Å². The highest BCUT2D eigenvalue weighted by atomic mass is 16.7. The predicted octanol–water partition coefficient (Wildman–Crippen LogP) is 3.88. The fourth-order valence-electron chi connectivity index (χ4n) is 2.35. The van der Waals surface area contributed by atoms with Crippen LogP contribution in [-0.4, -0.2) is 38.5 Å². The molecule has 1 heterocycles. The van der Waals surface area contributed by atoms with Crippen LogP contribution in [-0.2, 0) is 18.9 Å². The molecule has 0 aromatic heterocycles. The second-order valence-electron chi connectivity index (χ2n) is 5.45. The van der Waals surface area contributed by atoms with Crippen molar-refractivity contribution in [2.45, 2.75) is 84.4 Å². The van der Waals surface area contributed by atoms with Gasteiger partial charge in [0.15, 0.2) is 6.29 Å². The Morgan fingerprint density at radius 3 is 2.41 bits per heavy atom. The Labute approximate surface area is 135 Å². The van der Waals surface area contributed by atoms with E-state index in [0.29, 0.717) is 13.2 Å². The van der Waals surface area contributed by atoms with Gasteiger partial charge in [-0.1, -0.05) is 25.7 Å². The maximum atomic E-state index is 6.04. The van der Waals surface area contributed by atoms with Crippen LogP contribution in [0.25, 0.3) is 0 Å². The van der Waals surface area contributed by atoms with Gasteiger partial charge in [0.05, 0.1) is 0 Å². The van der Waals surface area contributed by atoms with Crippen molar-refractivity contribution in [1.82, 2.24) is 0 Å². The van der Waals surface area contributed by atoms with E-state index in [1.165, 1.54) is 19.3 Å². The van der Waals surface area contributed by atoms with Gasteiger partial charge in [-0.15, -0.1) is 0 Å². The Morgan fingerprint density at radius 1 is 1.05 bits per heavy atom. The maximum Gasteiger partial charge on any atom is 0.222 e. The molecule has 22 heavy (non-hydrogen) atoms. The molecule has 1 aliphatic rings. The van der Waals surface area contributed by atoms with Crippen molar-refractivity contribution in [1.29, 1.82) is 0 Å². The smallest absolute Gasteiger partial charge is 0.222 e. The van der Waals surface area contributed by atoms with Crippen LogP contribution in [0.1, 0.15) is 65.7 Å². The molecule has 1 rings (SSSR count). The second-order valence-corrected chi connectivity index (χ2v) is 5.45. The first-order valence-electron chi connectivity index (χ1n) is 8.81. The van der Waals surface area contributed by atoms with Gasteiger partial charge in [0.2, 0.25) is 6.29 Å². The highest BCUT2D eigenvalue weighted by molar-refractivity contribution is 5.08. The molecule has 0 saturated carbocycles. The summed E-state index contributed by atoms with van der Waals surface area (Å²) >= 11 is 0. The van der Waals surface area contributed by atoms with E-state index in [9.17, 15) is 0 Å². The minimum atomic E-state index is -0.459. The van der Waals surface area contributed by atoms with Crippen molar-refractivity contribution < 1.29 is 18.9 Å². The molecule has 0 aromatic rings. The molecule has 2 atom stereocenters. The fourth-order valence-corrected chi connectivity index (χ4v) is 2.35. The molecule has 0 aliphatic carbocycles. The molecule has 128 valence electrons. The molecule has 1 aliphatic heterocycles. The van der Waals surface area contributed by atoms with Crippen LogP contribution in [0, 0.1) is 11.8 Å². The Kier molecular flexibility index (Phi) is 11.4. The van der Waals surface area contributed by atoms with Crippen LogP contribution in [0.5, 0.6) is 0 Å². The van der Waals surface area contributed by atoms with Crippen molar-refractivity contribution in [3.63, 3.8) is 0 Å². The van der Waals surface area contributed by atoms with Crippen LogP contribution in [0.15, 0.2) is 0 Å². The van der Waals surface area contributed by atoms with Crippen LogP contribution in [0.2, 0.25) is 0 Å². The summed E-state index contributed by atoms with van der Waals surface area (Å²) in [5.41, 5.74) is 0. The Hall–Kier alpha value is -0.600. The van der Waals surface area contributed by atoms with E-state index in [-0.39, 0.29) is 12.4 Å². The zero-order valence-electron chi connectivity index (χ0n) is 14.4. The van der Waals surface area contributed by atoms with E-state index in [1.807, 2.05) is 13.8 Å². The van der Waals surface area contributed by atoms with E-state index >= 15 is 0 Å². The van der Waals surface area contributed by atoms with Crippen LogP contribution in [0.4, 0.5) is 0 Å². The molecule has 1 saturated heterocycles. The normalized spacial score (nSPS) is 19.7. The topological polar surface area (TPSA) is 36.9 Å². The third-order valence-electron chi connectivity index (χ3n) is 3.52. The summed E-state index contributed by atoms with van der Waals surface area (Å²) in [7, 11) is 0. The Bertz CT molecular complexity index is 309. The zero-order chi connectivity index (χ0) is 16.0. The van der Waals surface area contributed by atoms with Crippen molar-refractivity contribution in [2.75, 3.05) is 19.8 Å². The quantitative estimate of drug-likeness (QED) is 0.348. The SMILES string of the molecule is CCCCC[C@@H](C#CC(OCC)OCC)O[C@H]1CCCCO1. The van der Waals surface area contributed by atoms with Gasteiger partial charge < -0.3 is 18.9 Å². The van der Waals surface area contributed by atoms with Gasteiger partial charge >= 0.3 is 0 Å². The third-order valence-corrected chi connectivity index (χ3v) is 3.52. The molecule has 4 heteroatoms. The molecule has 0 amide bonds. The molecule has 0 spiro atoms. The van der Waals surface area contributed by atoms with Gasteiger partial charge in [0.25, 0.3) is 0 Å². The lowest BCUT2D eigenvalue weighted by atomic mass is 10.1. The lowest BCUT2D eigenvalue weighted by molar-refractivity contribution is -0.177. The van der Waals surface area contributed by atoms with Crippen molar-refractivity contribution in [2.24, 2.45) is 0 Å². The minimum absolute atomic E-state index is 0.0990. The highest BCUT2D eigenvalue weighted by Gasteiger charge is 2.18. The lowest BCUT2D eigenvalue weighted by Gasteiger charge is -2.25. The summed E-state index contributed by atoms with van der Waals surface area (Å²) in [5, 5.41) is 0. The summed E-state index contributed by atoms with van der Waals surface area (Å²) in [4.78, 5) is 0. The summed E-state index contributed by atoms with van der Waals surface area (Å²) in [5.74, 6) is 6.26. The van der Waals surface area contributed by atoms with E-state index in [4.69, 9.17) is 18.9 Å². The van der Waals surface area contributed by atoms with Crippen molar-refractivity contribution >= 4 is 0 Å². The molecule has 0 N–H and O–H groups in total. The van der Waals surface area contributed by atoms with Gasteiger partial charge in [-0.05, 0) is 51.9 Å². The summed E-state index contributed by atoms with van der Waals surface area (Å²) < 4.78 is 22.6. The van der Waals surface area contributed by atoms with Crippen LogP contribution < -0.4 is 0 Å². The Balaban J connectivity index is 2.54. The lowest BCUT2D eigenvalue weighted by Crippen LogP contribution is -2.27. The van der Waals surface area contributed by atoms with Gasteiger partial charge in [-0.25, -0.2) is 0 Å². The van der Waals surface area contributed by atoms with Crippen molar-refractivity contribution in [3.8, 4) is 11.8 Å². The van der Waals surface area contributed by atoms with Gasteiger partial charge in [0.1, 0.15) is 6.10 Å². The maximum absolute atomic E-state index is 6.04. The van der Waals surface area contributed by atoms with E-state index < -0.39 is 6.29 Å².